The second-order valence-electron chi connectivity index (χ2n) is 5.95. The number of hydrogen-bond acceptors (Lipinski definition) is 6. The molecule has 1 saturated heterocycles. The molecule has 1 aliphatic rings. The standard InChI is InChI=1S/C17H22N4O4/c1-24-14-4-2-3-13-16(14)20-15(11-18-13)25-10-9-21-7-5-12(6-8-21)19-17(22)23/h2-4,11-12,19H,5-10H2,1H3,(H,22,23). The highest BCUT2D eigenvalue weighted by Crippen LogP contribution is 2.23. The van der Waals surface area contributed by atoms with E-state index < -0.39 is 6.09 Å². The Morgan fingerprint density at radius 1 is 1.40 bits per heavy atom. The molecular weight excluding hydrogens is 324 g/mol. The van der Waals surface area contributed by atoms with Crippen LogP contribution in [0.3, 0.4) is 0 Å². The molecule has 1 aromatic heterocycles. The van der Waals surface area contributed by atoms with Crippen LogP contribution in [0.4, 0.5) is 4.79 Å². The van der Waals surface area contributed by atoms with Crippen molar-refractivity contribution in [2.75, 3.05) is 33.4 Å². The van der Waals surface area contributed by atoms with E-state index in [0.29, 0.717) is 23.8 Å². The highest BCUT2D eigenvalue weighted by atomic mass is 16.5. The summed E-state index contributed by atoms with van der Waals surface area (Å²) in [6.07, 6.45) is 2.30. The second-order valence-corrected chi connectivity index (χ2v) is 5.95. The minimum Gasteiger partial charge on any atom is -0.494 e. The molecule has 0 bridgehead atoms. The molecule has 1 amide bonds. The van der Waals surface area contributed by atoms with Crippen molar-refractivity contribution in [2.45, 2.75) is 18.9 Å². The summed E-state index contributed by atoms with van der Waals surface area (Å²) in [6, 6.07) is 5.65. The summed E-state index contributed by atoms with van der Waals surface area (Å²) in [5, 5.41) is 11.3. The number of methoxy groups -OCH3 is 1. The molecule has 8 heteroatoms. The number of carbonyl (C=O) groups is 1. The van der Waals surface area contributed by atoms with Crippen LogP contribution >= 0.6 is 0 Å². The van der Waals surface area contributed by atoms with Gasteiger partial charge in [0.05, 0.1) is 18.8 Å². The van der Waals surface area contributed by atoms with Crippen molar-refractivity contribution in [3.8, 4) is 11.6 Å². The third kappa shape index (κ3) is 4.48. The number of hydrogen-bond donors (Lipinski definition) is 2. The molecule has 0 unspecified atom stereocenters. The number of benzene rings is 1. The summed E-state index contributed by atoms with van der Waals surface area (Å²) >= 11 is 0. The zero-order valence-corrected chi connectivity index (χ0v) is 14.1. The first-order valence-corrected chi connectivity index (χ1v) is 8.30. The third-order valence-corrected chi connectivity index (χ3v) is 4.31. The molecule has 0 radical (unpaired) electrons. The van der Waals surface area contributed by atoms with Crippen molar-refractivity contribution in [3.05, 3.63) is 24.4 Å². The van der Waals surface area contributed by atoms with Crippen LogP contribution in [0.25, 0.3) is 11.0 Å². The van der Waals surface area contributed by atoms with Crippen molar-refractivity contribution in [2.24, 2.45) is 0 Å². The van der Waals surface area contributed by atoms with Crippen molar-refractivity contribution in [1.29, 1.82) is 0 Å². The Labute approximate surface area is 145 Å². The van der Waals surface area contributed by atoms with Gasteiger partial charge in [0.2, 0.25) is 5.88 Å². The van der Waals surface area contributed by atoms with Crippen LogP contribution in [0.5, 0.6) is 11.6 Å². The van der Waals surface area contributed by atoms with E-state index in [2.05, 4.69) is 20.2 Å². The fourth-order valence-corrected chi connectivity index (χ4v) is 2.98. The van der Waals surface area contributed by atoms with Crippen LogP contribution in [-0.4, -0.2) is 65.5 Å². The van der Waals surface area contributed by atoms with Crippen LogP contribution in [0.1, 0.15) is 12.8 Å². The van der Waals surface area contributed by atoms with Gasteiger partial charge in [-0.05, 0) is 25.0 Å². The third-order valence-electron chi connectivity index (χ3n) is 4.31. The Kier molecular flexibility index (Phi) is 5.49. The summed E-state index contributed by atoms with van der Waals surface area (Å²) in [4.78, 5) is 21.7. The van der Waals surface area contributed by atoms with Gasteiger partial charge in [0, 0.05) is 25.7 Å². The first-order chi connectivity index (χ1) is 12.2. The number of piperidine rings is 1. The molecule has 134 valence electrons. The number of fused-ring (bicyclic) bond motifs is 1. The molecule has 8 nitrogen and oxygen atoms in total. The Balaban J connectivity index is 1.49. The lowest BCUT2D eigenvalue weighted by atomic mass is 10.1. The van der Waals surface area contributed by atoms with Gasteiger partial charge in [-0.3, -0.25) is 4.90 Å². The molecule has 1 fully saturated rings. The van der Waals surface area contributed by atoms with Gasteiger partial charge in [-0.2, -0.15) is 0 Å². The van der Waals surface area contributed by atoms with Crippen LogP contribution in [0, 0.1) is 0 Å². The van der Waals surface area contributed by atoms with Gasteiger partial charge >= 0.3 is 6.09 Å². The molecule has 0 saturated carbocycles. The highest BCUT2D eigenvalue weighted by molar-refractivity contribution is 5.81. The quantitative estimate of drug-likeness (QED) is 0.822. The maximum Gasteiger partial charge on any atom is 0.404 e. The minimum absolute atomic E-state index is 0.0495. The Hall–Kier alpha value is -2.61. The van der Waals surface area contributed by atoms with Gasteiger partial charge in [0.15, 0.2) is 0 Å². The number of aromatic nitrogens is 2. The topological polar surface area (TPSA) is 96.8 Å². The van der Waals surface area contributed by atoms with Crippen molar-refractivity contribution in [1.82, 2.24) is 20.2 Å². The van der Waals surface area contributed by atoms with Gasteiger partial charge in [-0.15, -0.1) is 0 Å². The average molecular weight is 346 g/mol. The molecule has 2 aromatic rings. The molecule has 0 spiro atoms. The molecule has 25 heavy (non-hydrogen) atoms. The summed E-state index contributed by atoms with van der Waals surface area (Å²) in [5.74, 6) is 1.14. The second kappa shape index (κ2) is 7.98. The molecule has 1 aromatic carbocycles. The number of likely N-dealkylation sites (tertiary alicyclic amines) is 1. The number of rotatable bonds is 6. The average Bonchev–Trinajstić information content (AvgIpc) is 2.62. The lowest BCUT2D eigenvalue weighted by Crippen LogP contribution is -2.45. The van der Waals surface area contributed by atoms with Crippen molar-refractivity contribution < 1.29 is 19.4 Å². The predicted molar refractivity (Wildman–Crippen MR) is 92.2 cm³/mol. The first kappa shape index (κ1) is 17.2. The Morgan fingerprint density at radius 3 is 2.92 bits per heavy atom. The molecule has 0 atom stereocenters. The van der Waals surface area contributed by atoms with Crippen molar-refractivity contribution >= 4 is 17.1 Å². The number of nitrogens with zero attached hydrogens (tertiary/aromatic N) is 3. The number of ether oxygens (including phenoxy) is 2. The van der Waals surface area contributed by atoms with Gasteiger partial charge < -0.3 is 19.9 Å². The van der Waals surface area contributed by atoms with Crippen LogP contribution < -0.4 is 14.8 Å². The summed E-state index contributed by atoms with van der Waals surface area (Å²) < 4.78 is 11.0. The molecule has 3 rings (SSSR count). The van der Waals surface area contributed by atoms with Gasteiger partial charge in [0.25, 0.3) is 0 Å². The normalized spacial score (nSPS) is 15.9. The molecule has 2 N–H and O–H groups in total. The smallest absolute Gasteiger partial charge is 0.404 e. The van der Waals surface area contributed by atoms with E-state index in [9.17, 15) is 4.79 Å². The van der Waals surface area contributed by atoms with Crippen LogP contribution in [-0.2, 0) is 0 Å². The zero-order chi connectivity index (χ0) is 17.6. The maximum absolute atomic E-state index is 10.7. The monoisotopic (exact) mass is 346 g/mol. The maximum atomic E-state index is 10.7. The molecular formula is C17H22N4O4. The minimum atomic E-state index is -0.952. The van der Waals surface area contributed by atoms with E-state index in [0.717, 1.165) is 38.0 Å². The SMILES string of the molecule is COc1cccc2ncc(OCCN3CCC(NC(=O)O)CC3)nc12. The zero-order valence-electron chi connectivity index (χ0n) is 14.1. The van der Waals surface area contributed by atoms with Crippen LogP contribution in [0.15, 0.2) is 24.4 Å². The van der Waals surface area contributed by atoms with E-state index in [1.165, 1.54) is 0 Å². The number of carboxylic acid groups (broad SMARTS) is 1. The lowest BCUT2D eigenvalue weighted by molar-refractivity contribution is 0.152. The van der Waals surface area contributed by atoms with Crippen molar-refractivity contribution in [3.63, 3.8) is 0 Å². The summed E-state index contributed by atoms with van der Waals surface area (Å²) in [7, 11) is 1.60. The molecule has 0 aliphatic carbocycles. The predicted octanol–water partition coefficient (Wildman–Crippen LogP) is 1.75. The molecule has 1 aliphatic heterocycles. The summed E-state index contributed by atoms with van der Waals surface area (Å²) in [5.41, 5.74) is 1.45. The van der Waals surface area contributed by atoms with E-state index in [1.54, 1.807) is 13.3 Å². The Morgan fingerprint density at radius 2 is 2.20 bits per heavy atom. The molecule has 2 heterocycles. The fraction of sp³-hybridized carbons (Fsp3) is 0.471. The van der Waals surface area contributed by atoms with Gasteiger partial charge in [-0.1, -0.05) is 6.07 Å². The number of amides is 1. The van der Waals surface area contributed by atoms with Gasteiger partial charge in [-0.25, -0.2) is 14.8 Å². The Bertz CT molecular complexity index is 732. The number of para-hydroxylation sites is 1. The lowest BCUT2D eigenvalue weighted by Gasteiger charge is -2.31. The first-order valence-electron chi connectivity index (χ1n) is 8.30. The van der Waals surface area contributed by atoms with E-state index in [4.69, 9.17) is 14.6 Å². The fourth-order valence-electron chi connectivity index (χ4n) is 2.98. The highest BCUT2D eigenvalue weighted by Gasteiger charge is 2.20. The summed E-state index contributed by atoms with van der Waals surface area (Å²) in [6.45, 7) is 2.98. The van der Waals surface area contributed by atoms with Crippen LogP contribution in [0.2, 0.25) is 0 Å². The largest absolute Gasteiger partial charge is 0.494 e. The van der Waals surface area contributed by atoms with E-state index in [1.807, 2.05) is 18.2 Å². The van der Waals surface area contributed by atoms with E-state index in [-0.39, 0.29) is 6.04 Å². The van der Waals surface area contributed by atoms with Gasteiger partial charge in [0.1, 0.15) is 17.9 Å². The van der Waals surface area contributed by atoms with E-state index >= 15 is 0 Å². The number of nitrogens with one attached hydrogen (secondary N) is 1.